The van der Waals surface area contributed by atoms with Crippen LogP contribution in [0.2, 0.25) is 0 Å². The van der Waals surface area contributed by atoms with Gasteiger partial charge in [-0.25, -0.2) is 0 Å². The van der Waals surface area contributed by atoms with Crippen LogP contribution < -0.4 is 10.1 Å². The molecule has 2 aliphatic rings. The summed E-state index contributed by atoms with van der Waals surface area (Å²) in [6, 6.07) is 20.1. The molecule has 2 fully saturated rings. The standard InChI is InChI=1S/C19H21NO/c1-2-4-18(5-3-1)21-19-10-6-14(7-11-19)15-12-16-8-9-17(13-15)20-16/h1-7,10-11,15-17,20H,8-9,12-13H2/t15-,16+,17-. The van der Waals surface area contributed by atoms with Gasteiger partial charge in [0.1, 0.15) is 11.5 Å². The Morgan fingerprint density at radius 2 is 1.38 bits per heavy atom. The molecule has 2 aromatic rings. The first-order valence-corrected chi connectivity index (χ1v) is 7.96. The van der Waals surface area contributed by atoms with Crippen LogP contribution in [0.1, 0.15) is 37.2 Å². The van der Waals surface area contributed by atoms with Crippen molar-refractivity contribution < 1.29 is 4.74 Å². The number of ether oxygens (including phenoxy) is 1. The lowest BCUT2D eigenvalue weighted by Gasteiger charge is -2.29. The Balaban J connectivity index is 1.46. The van der Waals surface area contributed by atoms with Crippen molar-refractivity contribution >= 4 is 0 Å². The molecule has 2 heteroatoms. The molecular weight excluding hydrogens is 258 g/mol. The van der Waals surface area contributed by atoms with Crippen molar-refractivity contribution in [3.05, 3.63) is 60.2 Å². The van der Waals surface area contributed by atoms with Gasteiger partial charge in [0.25, 0.3) is 0 Å². The first-order chi connectivity index (χ1) is 10.4. The van der Waals surface area contributed by atoms with Crippen molar-refractivity contribution in [1.29, 1.82) is 0 Å². The summed E-state index contributed by atoms with van der Waals surface area (Å²) in [5.41, 5.74) is 1.47. The average Bonchev–Trinajstić information content (AvgIpc) is 2.87. The summed E-state index contributed by atoms with van der Waals surface area (Å²) in [7, 11) is 0. The normalized spacial score (nSPS) is 27.5. The van der Waals surface area contributed by atoms with Crippen LogP contribution in [0.4, 0.5) is 0 Å². The molecule has 21 heavy (non-hydrogen) atoms. The van der Waals surface area contributed by atoms with Gasteiger partial charge in [0.05, 0.1) is 0 Å². The molecule has 0 spiro atoms. The molecule has 2 aliphatic heterocycles. The minimum atomic E-state index is 0.717. The molecule has 3 atom stereocenters. The number of nitrogens with one attached hydrogen (secondary N) is 1. The lowest BCUT2D eigenvalue weighted by atomic mass is 9.86. The second-order valence-corrected chi connectivity index (χ2v) is 6.29. The van der Waals surface area contributed by atoms with E-state index < -0.39 is 0 Å². The van der Waals surface area contributed by atoms with Crippen molar-refractivity contribution in [3.8, 4) is 11.5 Å². The van der Waals surface area contributed by atoms with Gasteiger partial charge in [-0.1, -0.05) is 30.3 Å². The van der Waals surface area contributed by atoms with Gasteiger partial charge in [-0.2, -0.15) is 0 Å². The van der Waals surface area contributed by atoms with Gasteiger partial charge in [-0.3, -0.25) is 0 Å². The van der Waals surface area contributed by atoms with Crippen LogP contribution in [0.15, 0.2) is 54.6 Å². The summed E-state index contributed by atoms with van der Waals surface area (Å²) in [5.74, 6) is 2.53. The largest absolute Gasteiger partial charge is 0.457 e. The van der Waals surface area contributed by atoms with Crippen molar-refractivity contribution in [1.82, 2.24) is 5.32 Å². The highest BCUT2D eigenvalue weighted by atomic mass is 16.5. The number of benzene rings is 2. The van der Waals surface area contributed by atoms with Crippen molar-refractivity contribution in [3.63, 3.8) is 0 Å². The van der Waals surface area contributed by atoms with E-state index in [0.717, 1.165) is 29.5 Å². The predicted molar refractivity (Wildman–Crippen MR) is 84.9 cm³/mol. The molecule has 0 radical (unpaired) electrons. The van der Waals surface area contributed by atoms with Crippen LogP contribution in [0.5, 0.6) is 11.5 Å². The minimum absolute atomic E-state index is 0.717. The molecule has 2 aromatic carbocycles. The van der Waals surface area contributed by atoms with E-state index in [9.17, 15) is 0 Å². The van der Waals surface area contributed by atoms with Gasteiger partial charge in [-0.05, 0) is 61.4 Å². The summed E-state index contributed by atoms with van der Waals surface area (Å²) in [6.45, 7) is 0. The van der Waals surface area contributed by atoms with E-state index >= 15 is 0 Å². The highest BCUT2D eigenvalue weighted by Gasteiger charge is 2.33. The van der Waals surface area contributed by atoms with Crippen LogP contribution in [0, 0.1) is 0 Å². The van der Waals surface area contributed by atoms with Gasteiger partial charge in [0.15, 0.2) is 0 Å². The Morgan fingerprint density at radius 1 is 0.762 bits per heavy atom. The van der Waals surface area contributed by atoms with E-state index in [0.29, 0.717) is 0 Å². The van der Waals surface area contributed by atoms with Gasteiger partial charge in [-0.15, -0.1) is 0 Å². The van der Waals surface area contributed by atoms with E-state index in [1.54, 1.807) is 0 Å². The summed E-state index contributed by atoms with van der Waals surface area (Å²) in [6.07, 6.45) is 5.29. The first-order valence-electron chi connectivity index (χ1n) is 7.96. The van der Waals surface area contributed by atoms with Gasteiger partial charge >= 0.3 is 0 Å². The average molecular weight is 279 g/mol. The molecule has 2 nitrogen and oxygen atoms in total. The first kappa shape index (κ1) is 12.9. The fourth-order valence-electron chi connectivity index (χ4n) is 3.76. The molecule has 1 N–H and O–H groups in total. The zero-order valence-electron chi connectivity index (χ0n) is 12.2. The summed E-state index contributed by atoms with van der Waals surface area (Å²) in [5, 5.41) is 3.71. The van der Waals surface area contributed by atoms with Crippen molar-refractivity contribution in [2.24, 2.45) is 0 Å². The molecule has 4 rings (SSSR count). The third-order valence-corrected chi connectivity index (χ3v) is 4.80. The molecule has 2 saturated heterocycles. The molecule has 0 unspecified atom stereocenters. The Bertz CT molecular complexity index is 581. The van der Waals surface area contributed by atoms with E-state index in [1.165, 1.54) is 31.2 Å². The molecule has 0 amide bonds. The molecule has 0 aliphatic carbocycles. The smallest absolute Gasteiger partial charge is 0.127 e. The summed E-state index contributed by atoms with van der Waals surface area (Å²) in [4.78, 5) is 0. The minimum Gasteiger partial charge on any atom is -0.457 e. The number of rotatable bonds is 3. The maximum absolute atomic E-state index is 5.86. The Hall–Kier alpha value is -1.80. The summed E-state index contributed by atoms with van der Waals surface area (Å²) < 4.78 is 5.86. The maximum Gasteiger partial charge on any atom is 0.127 e. The number of para-hydroxylation sites is 1. The molecule has 2 bridgehead atoms. The zero-order chi connectivity index (χ0) is 14.1. The van der Waals surface area contributed by atoms with Crippen molar-refractivity contribution in [2.75, 3.05) is 0 Å². The van der Waals surface area contributed by atoms with Gasteiger partial charge in [0, 0.05) is 12.1 Å². The lowest BCUT2D eigenvalue weighted by Crippen LogP contribution is -2.37. The van der Waals surface area contributed by atoms with Crippen LogP contribution in [-0.4, -0.2) is 12.1 Å². The quantitative estimate of drug-likeness (QED) is 0.894. The second-order valence-electron chi connectivity index (χ2n) is 6.29. The lowest BCUT2D eigenvalue weighted by molar-refractivity contribution is 0.363. The SMILES string of the molecule is c1ccc(Oc2ccc([C@H]3C[C@H]4CC[C@@H](C3)N4)cc2)cc1. The molecule has 0 aromatic heterocycles. The van der Waals surface area contributed by atoms with Crippen LogP contribution in [0.3, 0.4) is 0 Å². The van der Waals surface area contributed by atoms with E-state index in [4.69, 9.17) is 4.74 Å². The predicted octanol–water partition coefficient (Wildman–Crippen LogP) is 4.48. The van der Waals surface area contributed by atoms with Crippen LogP contribution >= 0.6 is 0 Å². The van der Waals surface area contributed by atoms with Crippen LogP contribution in [0.25, 0.3) is 0 Å². The summed E-state index contributed by atoms with van der Waals surface area (Å²) >= 11 is 0. The van der Waals surface area contributed by atoms with Gasteiger partial charge < -0.3 is 10.1 Å². The zero-order valence-corrected chi connectivity index (χ0v) is 12.2. The third kappa shape index (κ3) is 2.81. The maximum atomic E-state index is 5.86. The Morgan fingerprint density at radius 3 is 2.05 bits per heavy atom. The topological polar surface area (TPSA) is 21.3 Å². The number of fused-ring (bicyclic) bond motifs is 2. The van der Waals surface area contributed by atoms with E-state index in [-0.39, 0.29) is 0 Å². The molecule has 2 heterocycles. The Labute approximate surface area is 126 Å². The molecule has 108 valence electrons. The number of piperidine rings is 1. The Kier molecular flexibility index (Phi) is 3.40. The number of hydrogen-bond donors (Lipinski definition) is 1. The van der Waals surface area contributed by atoms with Crippen LogP contribution in [-0.2, 0) is 0 Å². The monoisotopic (exact) mass is 279 g/mol. The van der Waals surface area contributed by atoms with E-state index in [1.807, 2.05) is 30.3 Å². The fourth-order valence-corrected chi connectivity index (χ4v) is 3.76. The second kappa shape index (κ2) is 5.53. The van der Waals surface area contributed by atoms with Crippen molar-refractivity contribution in [2.45, 2.75) is 43.7 Å². The fraction of sp³-hybridized carbons (Fsp3) is 0.368. The van der Waals surface area contributed by atoms with Gasteiger partial charge in [0.2, 0.25) is 0 Å². The number of hydrogen-bond acceptors (Lipinski definition) is 2. The van der Waals surface area contributed by atoms with E-state index in [2.05, 4.69) is 29.6 Å². The highest BCUT2D eigenvalue weighted by molar-refractivity contribution is 5.34. The third-order valence-electron chi connectivity index (χ3n) is 4.80. The molecule has 0 saturated carbocycles. The highest BCUT2D eigenvalue weighted by Crippen LogP contribution is 2.37. The molecular formula is C19H21NO.